The van der Waals surface area contributed by atoms with Gasteiger partial charge in [0.25, 0.3) is 5.78 Å². The molecular formula is C15H23F3N2O. The van der Waals surface area contributed by atoms with E-state index < -0.39 is 12.0 Å². The van der Waals surface area contributed by atoms with Gasteiger partial charge in [-0.25, -0.2) is 0 Å². The number of halogens is 3. The summed E-state index contributed by atoms with van der Waals surface area (Å²) in [6, 6.07) is 0. The number of ketones is 1. The molecule has 0 radical (unpaired) electrons. The molecule has 0 aliphatic rings. The Kier molecular flexibility index (Phi) is 5.98. The van der Waals surface area contributed by atoms with Crippen molar-refractivity contribution in [3.63, 3.8) is 0 Å². The molecule has 21 heavy (non-hydrogen) atoms. The van der Waals surface area contributed by atoms with Crippen molar-refractivity contribution in [2.45, 2.75) is 66.1 Å². The lowest BCUT2D eigenvalue weighted by molar-refractivity contribution is -0.0886. The van der Waals surface area contributed by atoms with Crippen LogP contribution in [0.5, 0.6) is 0 Å². The monoisotopic (exact) mass is 304 g/mol. The van der Waals surface area contributed by atoms with Gasteiger partial charge in [0.1, 0.15) is 0 Å². The molecule has 0 bridgehead atoms. The van der Waals surface area contributed by atoms with Crippen LogP contribution < -0.4 is 0 Å². The Hall–Kier alpha value is -1.33. The third kappa shape index (κ3) is 4.32. The molecular weight excluding hydrogens is 281 g/mol. The SMILES string of the molecule is CCc1nn(CCCC(C)C)c(CC)c1C(=O)C(F)(F)F. The van der Waals surface area contributed by atoms with Crippen molar-refractivity contribution in [1.82, 2.24) is 9.78 Å². The van der Waals surface area contributed by atoms with Crippen LogP contribution in [-0.4, -0.2) is 21.7 Å². The van der Waals surface area contributed by atoms with E-state index >= 15 is 0 Å². The van der Waals surface area contributed by atoms with Gasteiger partial charge >= 0.3 is 6.18 Å². The van der Waals surface area contributed by atoms with E-state index in [9.17, 15) is 18.0 Å². The predicted octanol–water partition coefficient (Wildman–Crippen LogP) is 4.19. The van der Waals surface area contributed by atoms with Gasteiger partial charge in [0.2, 0.25) is 0 Å². The summed E-state index contributed by atoms with van der Waals surface area (Å²) >= 11 is 0. The number of hydrogen-bond donors (Lipinski definition) is 0. The number of carbonyl (C=O) groups excluding carboxylic acids is 1. The summed E-state index contributed by atoms with van der Waals surface area (Å²) in [6.07, 6.45) is -2.34. The lowest BCUT2D eigenvalue weighted by atomic mass is 10.0. The number of alkyl halides is 3. The molecule has 0 saturated carbocycles. The van der Waals surface area contributed by atoms with E-state index in [2.05, 4.69) is 18.9 Å². The van der Waals surface area contributed by atoms with E-state index in [1.54, 1.807) is 18.5 Å². The highest BCUT2D eigenvalue weighted by Crippen LogP contribution is 2.27. The summed E-state index contributed by atoms with van der Waals surface area (Å²) in [5, 5.41) is 4.23. The molecule has 120 valence electrons. The second kappa shape index (κ2) is 7.09. The van der Waals surface area contributed by atoms with Crippen molar-refractivity contribution in [3.05, 3.63) is 17.0 Å². The summed E-state index contributed by atoms with van der Waals surface area (Å²) in [5.41, 5.74) is 0.411. The zero-order valence-electron chi connectivity index (χ0n) is 13.0. The van der Waals surface area contributed by atoms with Gasteiger partial charge in [-0.15, -0.1) is 0 Å². The fraction of sp³-hybridized carbons (Fsp3) is 0.733. The zero-order valence-corrected chi connectivity index (χ0v) is 13.0. The third-order valence-electron chi connectivity index (χ3n) is 3.44. The van der Waals surface area contributed by atoms with Crippen LogP contribution in [0.25, 0.3) is 0 Å². The first-order chi connectivity index (χ1) is 9.72. The molecule has 0 N–H and O–H groups in total. The third-order valence-corrected chi connectivity index (χ3v) is 3.44. The lowest BCUT2D eigenvalue weighted by Crippen LogP contribution is -2.24. The second-order valence-corrected chi connectivity index (χ2v) is 5.56. The Balaban J connectivity index is 3.12. The Morgan fingerprint density at radius 3 is 2.29 bits per heavy atom. The normalized spacial score (nSPS) is 12.2. The Morgan fingerprint density at radius 1 is 1.24 bits per heavy atom. The minimum atomic E-state index is -4.85. The van der Waals surface area contributed by atoms with Gasteiger partial charge in [-0.3, -0.25) is 9.48 Å². The summed E-state index contributed by atoms with van der Waals surface area (Å²) in [4.78, 5) is 11.6. The molecule has 6 heteroatoms. The number of hydrogen-bond acceptors (Lipinski definition) is 2. The summed E-state index contributed by atoms with van der Waals surface area (Å²) in [5.74, 6) is -1.24. The number of Topliss-reactive ketones (excluding diaryl/α,β-unsaturated/α-hetero) is 1. The maximum atomic E-state index is 12.7. The first-order valence-corrected chi connectivity index (χ1v) is 7.42. The maximum absolute atomic E-state index is 12.7. The largest absolute Gasteiger partial charge is 0.455 e. The molecule has 1 rings (SSSR count). The minimum Gasteiger partial charge on any atom is -0.284 e. The molecule has 0 aromatic carbocycles. The van der Waals surface area contributed by atoms with Gasteiger partial charge in [0.15, 0.2) is 0 Å². The van der Waals surface area contributed by atoms with E-state index in [1.165, 1.54) is 0 Å². The first kappa shape index (κ1) is 17.7. The van der Waals surface area contributed by atoms with Crippen LogP contribution in [0.2, 0.25) is 0 Å². The topological polar surface area (TPSA) is 34.9 Å². The van der Waals surface area contributed by atoms with Gasteiger partial charge in [0.05, 0.1) is 11.3 Å². The second-order valence-electron chi connectivity index (χ2n) is 5.56. The van der Waals surface area contributed by atoms with Crippen LogP contribution in [0.3, 0.4) is 0 Å². The number of aromatic nitrogens is 2. The average Bonchev–Trinajstić information content (AvgIpc) is 2.73. The van der Waals surface area contributed by atoms with Crippen molar-refractivity contribution in [3.8, 4) is 0 Å². The highest BCUT2D eigenvalue weighted by molar-refractivity contribution is 6.02. The van der Waals surface area contributed by atoms with E-state index in [4.69, 9.17) is 0 Å². The van der Waals surface area contributed by atoms with Crippen molar-refractivity contribution in [2.24, 2.45) is 5.92 Å². The minimum absolute atomic E-state index is 0.239. The Labute approximate surface area is 123 Å². The number of rotatable bonds is 7. The molecule has 0 unspecified atom stereocenters. The fourth-order valence-electron chi connectivity index (χ4n) is 2.40. The van der Waals surface area contributed by atoms with Gasteiger partial charge in [0, 0.05) is 12.2 Å². The predicted molar refractivity (Wildman–Crippen MR) is 75.4 cm³/mol. The molecule has 0 atom stereocenters. The molecule has 1 aromatic heterocycles. The van der Waals surface area contributed by atoms with Crippen molar-refractivity contribution < 1.29 is 18.0 Å². The first-order valence-electron chi connectivity index (χ1n) is 7.42. The summed E-state index contributed by atoms with van der Waals surface area (Å²) in [7, 11) is 0. The van der Waals surface area contributed by atoms with Gasteiger partial charge in [-0.2, -0.15) is 18.3 Å². The highest BCUT2D eigenvalue weighted by atomic mass is 19.4. The Bertz CT molecular complexity index is 490. The quantitative estimate of drug-likeness (QED) is 0.708. The van der Waals surface area contributed by atoms with Crippen molar-refractivity contribution in [2.75, 3.05) is 0 Å². The molecule has 0 aliphatic carbocycles. The van der Waals surface area contributed by atoms with E-state index in [0.29, 0.717) is 31.0 Å². The number of carbonyl (C=O) groups is 1. The number of aryl methyl sites for hydroxylation is 2. The maximum Gasteiger partial charge on any atom is 0.455 e. The van der Waals surface area contributed by atoms with Gasteiger partial charge < -0.3 is 0 Å². The summed E-state index contributed by atoms with van der Waals surface area (Å²) in [6.45, 7) is 8.22. The molecule has 0 fully saturated rings. The van der Waals surface area contributed by atoms with Gasteiger partial charge in [-0.05, 0) is 31.6 Å². The molecule has 0 aliphatic heterocycles. The van der Waals surface area contributed by atoms with Crippen molar-refractivity contribution >= 4 is 5.78 Å². The van der Waals surface area contributed by atoms with E-state index in [-0.39, 0.29) is 11.3 Å². The molecule has 0 amide bonds. The lowest BCUT2D eigenvalue weighted by Gasteiger charge is -2.10. The molecule has 1 heterocycles. The standard InChI is InChI=1S/C15H23F3N2O/c1-5-11-13(14(21)15(16,17)18)12(6-2)20(19-11)9-7-8-10(3)4/h10H,5-9H2,1-4H3. The van der Waals surface area contributed by atoms with Crippen LogP contribution in [-0.2, 0) is 19.4 Å². The van der Waals surface area contributed by atoms with Crippen LogP contribution in [0.15, 0.2) is 0 Å². The van der Waals surface area contributed by atoms with Crippen molar-refractivity contribution in [1.29, 1.82) is 0 Å². The number of nitrogens with zero attached hydrogens (tertiary/aromatic N) is 2. The molecule has 1 aromatic rings. The van der Waals surface area contributed by atoms with Crippen LogP contribution in [0.4, 0.5) is 13.2 Å². The van der Waals surface area contributed by atoms with E-state index in [1.807, 2.05) is 0 Å². The zero-order chi connectivity index (χ0) is 16.2. The average molecular weight is 304 g/mol. The highest BCUT2D eigenvalue weighted by Gasteiger charge is 2.42. The van der Waals surface area contributed by atoms with E-state index in [0.717, 1.165) is 12.8 Å². The molecule has 3 nitrogen and oxygen atoms in total. The molecule has 0 spiro atoms. The van der Waals surface area contributed by atoms with Crippen LogP contribution in [0.1, 0.15) is 62.3 Å². The Morgan fingerprint density at radius 2 is 1.86 bits per heavy atom. The smallest absolute Gasteiger partial charge is 0.284 e. The fourth-order valence-corrected chi connectivity index (χ4v) is 2.40. The van der Waals surface area contributed by atoms with Crippen LogP contribution >= 0.6 is 0 Å². The molecule has 0 saturated heterocycles. The van der Waals surface area contributed by atoms with Gasteiger partial charge in [-0.1, -0.05) is 27.7 Å². The van der Waals surface area contributed by atoms with Crippen LogP contribution in [0, 0.1) is 5.92 Å². The summed E-state index contributed by atoms with van der Waals surface area (Å²) < 4.78 is 39.8.